The summed E-state index contributed by atoms with van der Waals surface area (Å²) in [6.45, 7) is 3.34. The molecule has 5 aliphatic rings. The van der Waals surface area contributed by atoms with Gasteiger partial charge in [-0.1, -0.05) is 0 Å². The van der Waals surface area contributed by atoms with Gasteiger partial charge in [0.2, 0.25) is 0 Å². The number of amides is 2. The van der Waals surface area contributed by atoms with Crippen molar-refractivity contribution in [2.24, 2.45) is 17.3 Å². The SMILES string of the molecule is CCOC(=O)C1=C(COC(=O)C23C[C@H]4C[C@@H](CC(O)(C4)C2)C3)NC(=O)N[C@H]1c1ccc(C)o1. The Morgan fingerprint density at radius 2 is 1.91 bits per heavy atom. The largest absolute Gasteiger partial charge is 0.464 e. The topological polar surface area (TPSA) is 127 Å². The minimum Gasteiger partial charge on any atom is -0.464 e. The van der Waals surface area contributed by atoms with Gasteiger partial charge in [0.15, 0.2) is 0 Å². The first-order chi connectivity index (χ1) is 15.7. The molecule has 2 heterocycles. The standard InChI is InChI=1S/C24H30N2O7/c1-3-31-20(27)18-16(25-22(29)26-19(18)17-5-4-13(2)33-17)11-32-21(28)23-7-14-6-15(8-23)10-24(30,9-14)12-23/h4-5,14-15,19,30H,3,6-12H2,1-2H3,(H2,25,26,29)/t14-,15-,19+,23?,24?/m1/s1. The Hall–Kier alpha value is -2.81. The molecule has 0 radical (unpaired) electrons. The number of rotatable bonds is 6. The summed E-state index contributed by atoms with van der Waals surface area (Å²) in [7, 11) is 0. The Balaban J connectivity index is 1.40. The highest BCUT2D eigenvalue weighted by molar-refractivity contribution is 5.95. The van der Waals surface area contributed by atoms with E-state index in [4.69, 9.17) is 13.9 Å². The molecule has 4 aliphatic carbocycles. The molecule has 33 heavy (non-hydrogen) atoms. The molecular formula is C24H30N2O7. The zero-order valence-corrected chi connectivity index (χ0v) is 18.9. The van der Waals surface area contributed by atoms with Crippen molar-refractivity contribution in [1.29, 1.82) is 0 Å². The zero-order valence-electron chi connectivity index (χ0n) is 18.9. The van der Waals surface area contributed by atoms with Crippen LogP contribution in [0.5, 0.6) is 0 Å². The van der Waals surface area contributed by atoms with Crippen LogP contribution in [-0.4, -0.2) is 41.9 Å². The summed E-state index contributed by atoms with van der Waals surface area (Å²) >= 11 is 0. The minimum atomic E-state index is -0.861. The maximum atomic E-state index is 13.3. The number of esters is 2. The molecule has 0 unspecified atom stereocenters. The van der Waals surface area contributed by atoms with Crippen molar-refractivity contribution < 1.29 is 33.4 Å². The van der Waals surface area contributed by atoms with E-state index in [9.17, 15) is 19.5 Å². The Morgan fingerprint density at radius 3 is 2.52 bits per heavy atom. The summed E-state index contributed by atoms with van der Waals surface area (Å²) in [5.74, 6) is 0.695. The molecule has 0 spiro atoms. The second-order valence-corrected chi connectivity index (χ2v) is 10.1. The first-order valence-corrected chi connectivity index (χ1v) is 11.6. The number of hydrogen-bond acceptors (Lipinski definition) is 7. The number of carbonyl (C=O) groups excluding carboxylic acids is 3. The van der Waals surface area contributed by atoms with Crippen molar-refractivity contribution in [3.05, 3.63) is 34.9 Å². The number of aliphatic hydroxyl groups is 1. The third-order valence-electron chi connectivity index (χ3n) is 7.51. The van der Waals surface area contributed by atoms with Gasteiger partial charge in [-0.2, -0.15) is 0 Å². The molecule has 4 bridgehead atoms. The van der Waals surface area contributed by atoms with Crippen LogP contribution in [-0.2, 0) is 19.1 Å². The van der Waals surface area contributed by atoms with Gasteiger partial charge in [0.1, 0.15) is 24.2 Å². The first-order valence-electron chi connectivity index (χ1n) is 11.6. The maximum absolute atomic E-state index is 13.3. The van der Waals surface area contributed by atoms with Gasteiger partial charge >= 0.3 is 18.0 Å². The van der Waals surface area contributed by atoms with E-state index in [1.807, 2.05) is 0 Å². The molecule has 1 aromatic rings. The predicted octanol–water partition coefficient (Wildman–Crippen LogP) is 2.63. The van der Waals surface area contributed by atoms with Crippen LogP contribution in [0.1, 0.15) is 63.0 Å². The van der Waals surface area contributed by atoms with Crippen molar-refractivity contribution in [1.82, 2.24) is 10.6 Å². The first kappa shape index (κ1) is 22.0. The highest BCUT2D eigenvalue weighted by atomic mass is 16.5. The number of carbonyl (C=O) groups is 3. The molecule has 3 atom stereocenters. The lowest BCUT2D eigenvalue weighted by molar-refractivity contribution is -0.195. The third-order valence-corrected chi connectivity index (χ3v) is 7.51. The summed E-state index contributed by atoms with van der Waals surface area (Å²) in [4.78, 5) is 38.5. The fourth-order valence-electron chi connectivity index (χ4n) is 6.75. The van der Waals surface area contributed by atoms with Crippen LogP contribution >= 0.6 is 0 Å². The average Bonchev–Trinajstić information content (AvgIpc) is 3.16. The van der Waals surface area contributed by atoms with Gasteiger partial charge < -0.3 is 29.6 Å². The molecule has 0 aromatic carbocycles. The molecule has 6 rings (SSSR count). The number of aryl methyl sites for hydroxylation is 1. The van der Waals surface area contributed by atoms with Crippen LogP contribution in [0.2, 0.25) is 0 Å². The lowest BCUT2D eigenvalue weighted by Gasteiger charge is -2.58. The highest BCUT2D eigenvalue weighted by Gasteiger charge is 2.61. The van der Waals surface area contributed by atoms with Crippen molar-refractivity contribution in [2.75, 3.05) is 13.2 Å². The summed E-state index contributed by atoms with van der Waals surface area (Å²) < 4.78 is 16.6. The highest BCUT2D eigenvalue weighted by Crippen LogP contribution is 2.62. The van der Waals surface area contributed by atoms with Crippen molar-refractivity contribution >= 4 is 18.0 Å². The Bertz CT molecular complexity index is 1010. The van der Waals surface area contributed by atoms with Gasteiger partial charge in [-0.3, -0.25) is 4.79 Å². The molecule has 3 N–H and O–H groups in total. The van der Waals surface area contributed by atoms with E-state index in [1.165, 1.54) is 0 Å². The van der Waals surface area contributed by atoms with E-state index in [-0.39, 0.29) is 30.5 Å². The van der Waals surface area contributed by atoms with E-state index in [0.29, 0.717) is 29.8 Å². The summed E-state index contributed by atoms with van der Waals surface area (Å²) in [5, 5.41) is 16.3. The Kier molecular flexibility index (Phi) is 5.27. The Labute approximate surface area is 191 Å². The lowest BCUT2D eigenvalue weighted by atomic mass is 9.48. The van der Waals surface area contributed by atoms with Gasteiger partial charge in [-0.05, 0) is 76.3 Å². The normalized spacial score (nSPS) is 34.6. The minimum absolute atomic E-state index is 0.141. The summed E-state index contributed by atoms with van der Waals surface area (Å²) in [6.07, 6.45) is 4.41. The number of nitrogens with one attached hydrogen (secondary N) is 2. The molecular weight excluding hydrogens is 428 g/mol. The van der Waals surface area contributed by atoms with E-state index < -0.39 is 29.1 Å². The number of hydrogen-bond donors (Lipinski definition) is 3. The van der Waals surface area contributed by atoms with E-state index in [2.05, 4.69) is 10.6 Å². The quantitative estimate of drug-likeness (QED) is 0.559. The molecule has 4 saturated carbocycles. The molecule has 1 aliphatic heterocycles. The van der Waals surface area contributed by atoms with Crippen LogP contribution in [0, 0.1) is 24.2 Å². The second-order valence-electron chi connectivity index (χ2n) is 10.1. The zero-order chi connectivity index (χ0) is 23.4. The van der Waals surface area contributed by atoms with E-state index in [1.54, 1.807) is 26.0 Å². The average molecular weight is 459 g/mol. The van der Waals surface area contributed by atoms with E-state index >= 15 is 0 Å². The number of urea groups is 1. The fraction of sp³-hybridized carbons (Fsp3) is 0.625. The van der Waals surface area contributed by atoms with Crippen LogP contribution < -0.4 is 10.6 Å². The van der Waals surface area contributed by atoms with Gasteiger partial charge in [0.25, 0.3) is 0 Å². The molecule has 1 aromatic heterocycles. The van der Waals surface area contributed by atoms with Crippen molar-refractivity contribution in [3.8, 4) is 0 Å². The molecule has 178 valence electrons. The molecule has 9 heteroatoms. The molecule has 9 nitrogen and oxygen atoms in total. The summed E-state index contributed by atoms with van der Waals surface area (Å²) in [6, 6.07) is 2.03. The van der Waals surface area contributed by atoms with Crippen LogP contribution in [0.4, 0.5) is 4.79 Å². The van der Waals surface area contributed by atoms with E-state index in [0.717, 1.165) is 32.1 Å². The van der Waals surface area contributed by atoms with Crippen LogP contribution in [0.3, 0.4) is 0 Å². The van der Waals surface area contributed by atoms with Crippen molar-refractivity contribution in [2.45, 2.75) is 64.0 Å². The number of furan rings is 1. The second kappa shape index (κ2) is 7.90. The van der Waals surface area contributed by atoms with Crippen LogP contribution in [0.15, 0.2) is 27.8 Å². The van der Waals surface area contributed by atoms with Gasteiger partial charge in [-0.25, -0.2) is 9.59 Å². The smallest absolute Gasteiger partial charge is 0.338 e. The molecule has 0 saturated heterocycles. The Morgan fingerprint density at radius 1 is 1.18 bits per heavy atom. The van der Waals surface area contributed by atoms with Crippen LogP contribution in [0.25, 0.3) is 0 Å². The molecule has 4 fully saturated rings. The monoisotopic (exact) mass is 458 g/mol. The molecule has 2 amide bonds. The lowest BCUT2D eigenvalue weighted by Crippen LogP contribution is -2.58. The number of ether oxygens (including phenoxy) is 2. The van der Waals surface area contributed by atoms with Gasteiger partial charge in [-0.15, -0.1) is 0 Å². The maximum Gasteiger partial charge on any atom is 0.338 e. The fourth-order valence-corrected chi connectivity index (χ4v) is 6.75. The summed E-state index contributed by atoms with van der Waals surface area (Å²) in [5.41, 5.74) is -1.17. The predicted molar refractivity (Wildman–Crippen MR) is 115 cm³/mol. The van der Waals surface area contributed by atoms with Gasteiger partial charge in [0.05, 0.1) is 28.9 Å². The van der Waals surface area contributed by atoms with Gasteiger partial charge in [0, 0.05) is 0 Å². The third kappa shape index (κ3) is 3.92. The van der Waals surface area contributed by atoms with Crippen molar-refractivity contribution in [3.63, 3.8) is 0 Å².